The minimum atomic E-state index is -0.693. The zero-order chi connectivity index (χ0) is 21.7. The average Bonchev–Trinajstić information content (AvgIpc) is 3.31. The Bertz CT molecular complexity index is 1320. The van der Waals surface area contributed by atoms with Gasteiger partial charge in [-0.3, -0.25) is 18.7 Å². The first-order chi connectivity index (χ1) is 14.2. The number of nitrogens with zero attached hydrogens (tertiary/aromatic N) is 4. The molecule has 10 heteroatoms. The Morgan fingerprint density at radius 3 is 2.60 bits per heavy atom. The molecule has 4 rings (SSSR count). The molecule has 0 bridgehead atoms. The third-order valence-electron chi connectivity index (χ3n) is 5.51. The van der Waals surface area contributed by atoms with E-state index >= 15 is 0 Å². The summed E-state index contributed by atoms with van der Waals surface area (Å²) in [5.74, 6) is 0.397. The molecule has 0 atom stereocenters. The highest BCUT2D eigenvalue weighted by Crippen LogP contribution is 2.30. The summed E-state index contributed by atoms with van der Waals surface area (Å²) >= 11 is 12.2. The van der Waals surface area contributed by atoms with E-state index in [9.17, 15) is 14.4 Å². The molecule has 0 saturated carbocycles. The zero-order valence-electron chi connectivity index (χ0n) is 16.5. The number of carbonyl (C=O) groups excluding carboxylic acids is 1. The van der Waals surface area contributed by atoms with Crippen molar-refractivity contribution in [1.82, 2.24) is 13.7 Å². The average molecular weight is 449 g/mol. The molecule has 0 spiro atoms. The van der Waals surface area contributed by atoms with E-state index in [0.717, 1.165) is 45.6 Å². The van der Waals surface area contributed by atoms with Gasteiger partial charge in [0.05, 0.1) is 23.0 Å². The SMILES string of the molecule is Cn1c(N)c(C(=O)C[n+]2cc(-c3ccc(Cl)c(Cl)c3)n3c2CCC3)c(=O)n(C)c1=O. The van der Waals surface area contributed by atoms with E-state index in [1.54, 1.807) is 12.1 Å². The van der Waals surface area contributed by atoms with Crippen molar-refractivity contribution >= 4 is 34.8 Å². The van der Waals surface area contributed by atoms with Crippen LogP contribution >= 0.6 is 23.2 Å². The Hall–Kier alpha value is -2.84. The fourth-order valence-electron chi connectivity index (χ4n) is 3.89. The second-order valence-electron chi connectivity index (χ2n) is 7.33. The lowest BCUT2D eigenvalue weighted by molar-refractivity contribution is -0.689. The van der Waals surface area contributed by atoms with E-state index in [-0.39, 0.29) is 17.9 Å². The maximum Gasteiger partial charge on any atom is 0.332 e. The highest BCUT2D eigenvalue weighted by molar-refractivity contribution is 6.42. The molecule has 8 nitrogen and oxygen atoms in total. The third-order valence-corrected chi connectivity index (χ3v) is 6.25. The molecule has 0 fully saturated rings. The minimum Gasteiger partial charge on any atom is -0.384 e. The van der Waals surface area contributed by atoms with E-state index in [2.05, 4.69) is 4.57 Å². The first-order valence-electron chi connectivity index (χ1n) is 9.36. The van der Waals surface area contributed by atoms with Crippen LogP contribution in [0.2, 0.25) is 10.0 Å². The predicted molar refractivity (Wildman–Crippen MR) is 114 cm³/mol. The van der Waals surface area contributed by atoms with E-state index in [0.29, 0.717) is 10.0 Å². The van der Waals surface area contributed by atoms with E-state index in [1.165, 1.54) is 14.1 Å². The summed E-state index contributed by atoms with van der Waals surface area (Å²) < 4.78 is 5.95. The van der Waals surface area contributed by atoms with Crippen molar-refractivity contribution in [3.63, 3.8) is 0 Å². The smallest absolute Gasteiger partial charge is 0.332 e. The van der Waals surface area contributed by atoms with Crippen molar-refractivity contribution in [1.29, 1.82) is 0 Å². The van der Waals surface area contributed by atoms with Crippen molar-refractivity contribution < 1.29 is 9.36 Å². The Labute approximate surface area is 181 Å². The summed E-state index contributed by atoms with van der Waals surface area (Å²) in [4.78, 5) is 37.6. The topological polar surface area (TPSA) is 95.9 Å². The Balaban J connectivity index is 1.77. The van der Waals surface area contributed by atoms with Crippen LogP contribution in [0.3, 0.4) is 0 Å². The molecule has 0 unspecified atom stereocenters. The van der Waals surface area contributed by atoms with Crippen LogP contribution in [-0.4, -0.2) is 19.5 Å². The van der Waals surface area contributed by atoms with Gasteiger partial charge in [-0.15, -0.1) is 0 Å². The molecule has 30 heavy (non-hydrogen) atoms. The van der Waals surface area contributed by atoms with Gasteiger partial charge < -0.3 is 5.73 Å². The van der Waals surface area contributed by atoms with E-state index in [4.69, 9.17) is 28.9 Å². The summed E-state index contributed by atoms with van der Waals surface area (Å²) in [5, 5.41) is 0.921. The van der Waals surface area contributed by atoms with Gasteiger partial charge in [0.25, 0.3) is 11.4 Å². The predicted octanol–water partition coefficient (Wildman–Crippen LogP) is 1.56. The van der Waals surface area contributed by atoms with Gasteiger partial charge in [0.15, 0.2) is 12.2 Å². The number of hydrogen-bond donors (Lipinski definition) is 1. The molecule has 0 aliphatic carbocycles. The molecule has 0 saturated heterocycles. The molecule has 2 aromatic heterocycles. The number of rotatable bonds is 4. The molecule has 3 aromatic rings. The summed E-state index contributed by atoms with van der Waals surface area (Å²) in [6.45, 7) is 0.754. The molecule has 1 aliphatic heterocycles. The number of nitrogens with two attached hydrogens (primary N) is 1. The number of ketones is 1. The molecular weight excluding hydrogens is 429 g/mol. The van der Waals surface area contributed by atoms with Crippen molar-refractivity contribution in [2.75, 3.05) is 5.73 Å². The first-order valence-corrected chi connectivity index (χ1v) is 10.1. The molecule has 0 radical (unpaired) electrons. The van der Waals surface area contributed by atoms with E-state index in [1.807, 2.05) is 16.8 Å². The van der Waals surface area contributed by atoms with Gasteiger partial charge in [0.1, 0.15) is 17.6 Å². The monoisotopic (exact) mass is 448 g/mol. The number of Topliss-reactive ketones (excluding diaryl/α,β-unsaturated/α-hetero) is 1. The number of anilines is 1. The van der Waals surface area contributed by atoms with Crippen molar-refractivity contribution in [2.45, 2.75) is 25.9 Å². The van der Waals surface area contributed by atoms with Crippen LogP contribution < -0.4 is 21.5 Å². The summed E-state index contributed by atoms with van der Waals surface area (Å²) in [6.07, 6.45) is 3.62. The van der Waals surface area contributed by atoms with Crippen LogP contribution in [0.5, 0.6) is 0 Å². The lowest BCUT2D eigenvalue weighted by Crippen LogP contribution is -2.45. The van der Waals surface area contributed by atoms with Gasteiger partial charge in [0, 0.05) is 19.7 Å². The molecule has 3 heterocycles. The fraction of sp³-hybridized carbons (Fsp3) is 0.300. The maximum absolute atomic E-state index is 13.0. The summed E-state index contributed by atoms with van der Waals surface area (Å²) in [7, 11) is 2.76. The minimum absolute atomic E-state index is 0.0612. The maximum atomic E-state index is 13.0. The largest absolute Gasteiger partial charge is 0.384 e. The number of halogens is 2. The van der Waals surface area contributed by atoms with Crippen LogP contribution in [-0.2, 0) is 33.6 Å². The van der Waals surface area contributed by atoms with Gasteiger partial charge in [0.2, 0.25) is 5.78 Å². The fourth-order valence-corrected chi connectivity index (χ4v) is 4.19. The molecule has 156 valence electrons. The van der Waals surface area contributed by atoms with Crippen LogP contribution in [0, 0.1) is 0 Å². The molecule has 1 aliphatic rings. The lowest BCUT2D eigenvalue weighted by Gasteiger charge is -2.10. The van der Waals surface area contributed by atoms with Crippen LogP contribution in [0.25, 0.3) is 11.3 Å². The first kappa shape index (κ1) is 20.4. The number of carbonyl (C=O) groups is 1. The molecule has 1 aromatic carbocycles. The zero-order valence-corrected chi connectivity index (χ0v) is 18.0. The van der Waals surface area contributed by atoms with Crippen LogP contribution in [0.15, 0.2) is 34.0 Å². The molecular formula is C20H20Cl2N5O3+. The Kier molecular flexibility index (Phi) is 5.07. The number of benzene rings is 1. The van der Waals surface area contributed by atoms with Gasteiger partial charge in [-0.2, -0.15) is 0 Å². The second kappa shape index (κ2) is 7.45. The number of nitrogen functional groups attached to an aromatic ring is 1. The lowest BCUT2D eigenvalue weighted by atomic mass is 10.1. The van der Waals surface area contributed by atoms with Crippen LogP contribution in [0.4, 0.5) is 5.82 Å². The van der Waals surface area contributed by atoms with Gasteiger partial charge in [-0.1, -0.05) is 23.2 Å². The number of fused-ring (bicyclic) bond motifs is 1. The normalized spacial score (nSPS) is 12.9. The Morgan fingerprint density at radius 1 is 1.17 bits per heavy atom. The quantitative estimate of drug-likeness (QED) is 0.483. The summed E-state index contributed by atoms with van der Waals surface area (Å²) in [5.41, 5.74) is 6.28. The standard InChI is InChI=1S/C20H19Cl2N5O3/c1-24-18(23)17(19(29)25(2)20(24)30)15(28)10-26-9-14(27-7-3-4-16(26)27)11-5-6-12(21)13(22)8-11/h5-6,8-9H,3-4,7,10H2,1-2H3,(H-,23,28,29)/p+1. The second-order valence-corrected chi connectivity index (χ2v) is 8.15. The number of imidazole rings is 1. The highest BCUT2D eigenvalue weighted by Gasteiger charge is 2.31. The van der Waals surface area contributed by atoms with E-state index < -0.39 is 17.0 Å². The van der Waals surface area contributed by atoms with Gasteiger partial charge in [-0.05, 0) is 24.6 Å². The van der Waals surface area contributed by atoms with Gasteiger partial charge in [-0.25, -0.2) is 13.9 Å². The third kappa shape index (κ3) is 3.16. The van der Waals surface area contributed by atoms with Crippen LogP contribution in [0.1, 0.15) is 22.6 Å². The molecule has 0 amide bonds. The van der Waals surface area contributed by atoms with Crippen molar-refractivity contribution in [3.8, 4) is 11.3 Å². The molecule has 2 N–H and O–H groups in total. The summed E-state index contributed by atoms with van der Waals surface area (Å²) in [6, 6.07) is 5.40. The van der Waals surface area contributed by atoms with Crippen molar-refractivity contribution in [2.24, 2.45) is 14.1 Å². The number of aromatic nitrogens is 4. The number of hydrogen-bond acceptors (Lipinski definition) is 4. The van der Waals surface area contributed by atoms with Gasteiger partial charge >= 0.3 is 5.69 Å². The van der Waals surface area contributed by atoms with Crippen molar-refractivity contribution in [3.05, 3.63) is 66.7 Å². The highest BCUT2D eigenvalue weighted by atomic mass is 35.5. The Morgan fingerprint density at radius 2 is 1.90 bits per heavy atom.